The molecular formula is C20H25FN4O3. The standard InChI is InChI=1S/C20H25FN4O3/c1-11(2)25-13(4)17(12(3)23-25)22-20(27)19-18(24(5)16(26)10-28-19)14-7-6-8-15(21)9-14/h6-9,11,18-19H,10H2,1-5H3,(H,22,27)/t18-,19-/m1/s1. The summed E-state index contributed by atoms with van der Waals surface area (Å²) in [5.41, 5.74) is 2.66. The predicted octanol–water partition coefficient (Wildman–Crippen LogP) is 2.76. The van der Waals surface area contributed by atoms with E-state index in [-0.39, 0.29) is 18.6 Å². The normalized spacial score (nSPS) is 20.0. The van der Waals surface area contributed by atoms with E-state index in [0.29, 0.717) is 16.9 Å². The first kappa shape index (κ1) is 20.0. The summed E-state index contributed by atoms with van der Waals surface area (Å²) in [6.45, 7) is 7.52. The maximum absolute atomic E-state index is 13.7. The zero-order valence-corrected chi connectivity index (χ0v) is 16.7. The van der Waals surface area contributed by atoms with Crippen LogP contribution in [0.25, 0.3) is 0 Å². The van der Waals surface area contributed by atoms with E-state index in [9.17, 15) is 14.0 Å². The van der Waals surface area contributed by atoms with Crippen LogP contribution in [-0.2, 0) is 14.3 Å². The van der Waals surface area contributed by atoms with Crippen LogP contribution in [-0.4, -0.2) is 46.3 Å². The van der Waals surface area contributed by atoms with Gasteiger partial charge in [0.2, 0.25) is 5.91 Å². The van der Waals surface area contributed by atoms with Gasteiger partial charge in [-0.25, -0.2) is 4.39 Å². The van der Waals surface area contributed by atoms with Crippen molar-refractivity contribution in [1.82, 2.24) is 14.7 Å². The zero-order chi connectivity index (χ0) is 20.6. The van der Waals surface area contributed by atoms with E-state index < -0.39 is 23.9 Å². The number of carbonyl (C=O) groups is 2. The first-order valence-corrected chi connectivity index (χ1v) is 9.20. The summed E-state index contributed by atoms with van der Waals surface area (Å²) in [4.78, 5) is 26.6. The van der Waals surface area contributed by atoms with Gasteiger partial charge in [-0.3, -0.25) is 14.3 Å². The molecule has 0 bridgehead atoms. The molecule has 0 unspecified atom stereocenters. The van der Waals surface area contributed by atoms with Crippen molar-refractivity contribution in [2.75, 3.05) is 19.0 Å². The average molecular weight is 388 g/mol. The van der Waals surface area contributed by atoms with Crippen LogP contribution in [0.5, 0.6) is 0 Å². The molecule has 1 saturated heterocycles. The number of carbonyl (C=O) groups excluding carboxylic acids is 2. The number of aromatic nitrogens is 2. The summed E-state index contributed by atoms with van der Waals surface area (Å²) in [5.74, 6) is -1.10. The van der Waals surface area contributed by atoms with Gasteiger partial charge in [-0.1, -0.05) is 12.1 Å². The molecule has 0 aliphatic carbocycles. The lowest BCUT2D eigenvalue weighted by Crippen LogP contribution is -2.51. The fourth-order valence-corrected chi connectivity index (χ4v) is 3.56. The van der Waals surface area contributed by atoms with Gasteiger partial charge in [0.25, 0.3) is 5.91 Å². The predicted molar refractivity (Wildman–Crippen MR) is 102 cm³/mol. The minimum absolute atomic E-state index is 0.152. The van der Waals surface area contributed by atoms with Gasteiger partial charge in [0.05, 0.1) is 23.1 Å². The van der Waals surface area contributed by atoms with E-state index in [4.69, 9.17) is 4.74 Å². The molecule has 2 aromatic rings. The lowest BCUT2D eigenvalue weighted by Gasteiger charge is -2.38. The summed E-state index contributed by atoms with van der Waals surface area (Å²) < 4.78 is 21.2. The lowest BCUT2D eigenvalue weighted by molar-refractivity contribution is -0.160. The first-order valence-electron chi connectivity index (χ1n) is 9.20. The van der Waals surface area contributed by atoms with E-state index in [1.807, 2.05) is 32.4 Å². The molecule has 2 atom stereocenters. The Labute approximate surface area is 163 Å². The molecule has 8 heteroatoms. The molecule has 28 heavy (non-hydrogen) atoms. The highest BCUT2D eigenvalue weighted by Crippen LogP contribution is 2.31. The first-order chi connectivity index (χ1) is 13.2. The van der Waals surface area contributed by atoms with Crippen LogP contribution >= 0.6 is 0 Å². The number of benzene rings is 1. The highest BCUT2D eigenvalue weighted by Gasteiger charge is 2.40. The van der Waals surface area contributed by atoms with Gasteiger partial charge in [-0.2, -0.15) is 5.10 Å². The topological polar surface area (TPSA) is 76.5 Å². The highest BCUT2D eigenvalue weighted by molar-refractivity contribution is 5.97. The molecule has 1 aliphatic heterocycles. The Bertz CT molecular complexity index is 909. The summed E-state index contributed by atoms with van der Waals surface area (Å²) in [7, 11) is 1.59. The smallest absolute Gasteiger partial charge is 0.256 e. The Morgan fingerprint density at radius 3 is 2.68 bits per heavy atom. The number of likely N-dealkylation sites (N-methyl/N-ethyl adjacent to an activating group) is 1. The summed E-state index contributed by atoms with van der Waals surface area (Å²) in [6, 6.07) is 5.29. The summed E-state index contributed by atoms with van der Waals surface area (Å²) in [6.07, 6.45) is -0.967. The van der Waals surface area contributed by atoms with Crippen LogP contribution in [0.15, 0.2) is 24.3 Å². The van der Waals surface area contributed by atoms with Gasteiger partial charge in [0, 0.05) is 13.1 Å². The van der Waals surface area contributed by atoms with E-state index in [1.54, 1.807) is 19.2 Å². The molecule has 2 heterocycles. The molecular weight excluding hydrogens is 363 g/mol. The summed E-state index contributed by atoms with van der Waals surface area (Å²) in [5, 5.41) is 7.36. The number of amides is 2. The number of halogens is 1. The molecule has 0 radical (unpaired) electrons. The minimum atomic E-state index is -0.967. The van der Waals surface area contributed by atoms with E-state index in [1.165, 1.54) is 17.0 Å². The third-order valence-electron chi connectivity index (χ3n) is 4.99. The van der Waals surface area contributed by atoms with Crippen molar-refractivity contribution in [3.8, 4) is 0 Å². The Balaban J connectivity index is 1.92. The third kappa shape index (κ3) is 3.64. The van der Waals surface area contributed by atoms with Gasteiger partial charge in [0.1, 0.15) is 12.4 Å². The fraction of sp³-hybridized carbons (Fsp3) is 0.450. The molecule has 0 saturated carbocycles. The van der Waals surface area contributed by atoms with Crippen LogP contribution in [0.4, 0.5) is 10.1 Å². The van der Waals surface area contributed by atoms with Gasteiger partial charge in [-0.15, -0.1) is 0 Å². The molecule has 3 rings (SSSR count). The average Bonchev–Trinajstić information content (AvgIpc) is 2.92. The zero-order valence-electron chi connectivity index (χ0n) is 16.7. The fourth-order valence-electron chi connectivity index (χ4n) is 3.56. The Kier molecular flexibility index (Phi) is 5.51. The van der Waals surface area contributed by atoms with E-state index in [2.05, 4.69) is 10.4 Å². The Hall–Kier alpha value is -2.74. The largest absolute Gasteiger partial charge is 0.356 e. The van der Waals surface area contributed by atoms with Crippen molar-refractivity contribution < 1.29 is 18.7 Å². The molecule has 1 aromatic carbocycles. The molecule has 150 valence electrons. The maximum atomic E-state index is 13.7. The quantitative estimate of drug-likeness (QED) is 0.874. The van der Waals surface area contributed by atoms with Crippen LogP contribution in [0.1, 0.15) is 42.9 Å². The number of nitrogens with zero attached hydrogens (tertiary/aromatic N) is 3. The van der Waals surface area contributed by atoms with Crippen molar-refractivity contribution in [3.63, 3.8) is 0 Å². The van der Waals surface area contributed by atoms with Crippen LogP contribution in [0, 0.1) is 19.7 Å². The minimum Gasteiger partial charge on any atom is -0.356 e. The summed E-state index contributed by atoms with van der Waals surface area (Å²) >= 11 is 0. The third-order valence-corrected chi connectivity index (χ3v) is 4.99. The van der Waals surface area contributed by atoms with Crippen molar-refractivity contribution >= 4 is 17.5 Å². The van der Waals surface area contributed by atoms with Crippen molar-refractivity contribution in [3.05, 3.63) is 47.0 Å². The number of ether oxygens (including phenoxy) is 1. The van der Waals surface area contributed by atoms with Crippen LogP contribution in [0.3, 0.4) is 0 Å². The second kappa shape index (κ2) is 7.71. The van der Waals surface area contributed by atoms with Gasteiger partial charge >= 0.3 is 0 Å². The lowest BCUT2D eigenvalue weighted by atomic mass is 9.97. The molecule has 7 nitrogen and oxygen atoms in total. The van der Waals surface area contributed by atoms with Gasteiger partial charge < -0.3 is 15.0 Å². The number of nitrogens with one attached hydrogen (secondary N) is 1. The van der Waals surface area contributed by atoms with Crippen molar-refractivity contribution in [1.29, 1.82) is 0 Å². The number of hydrogen-bond donors (Lipinski definition) is 1. The Morgan fingerprint density at radius 1 is 1.36 bits per heavy atom. The number of rotatable bonds is 4. The molecule has 1 fully saturated rings. The van der Waals surface area contributed by atoms with Crippen LogP contribution < -0.4 is 5.32 Å². The number of anilines is 1. The molecule has 1 N–H and O–H groups in total. The maximum Gasteiger partial charge on any atom is 0.256 e. The molecule has 0 spiro atoms. The van der Waals surface area contributed by atoms with Crippen molar-refractivity contribution in [2.24, 2.45) is 0 Å². The van der Waals surface area contributed by atoms with E-state index >= 15 is 0 Å². The SMILES string of the molecule is Cc1nn(C(C)C)c(C)c1NC(=O)[C@@H]1OCC(=O)N(C)[C@@H]1c1cccc(F)c1. The van der Waals surface area contributed by atoms with Gasteiger partial charge in [0.15, 0.2) is 6.10 Å². The molecule has 2 amide bonds. The number of hydrogen-bond acceptors (Lipinski definition) is 4. The van der Waals surface area contributed by atoms with Crippen molar-refractivity contribution in [2.45, 2.75) is 45.9 Å². The molecule has 1 aliphatic rings. The second-order valence-corrected chi connectivity index (χ2v) is 7.31. The highest BCUT2D eigenvalue weighted by atomic mass is 19.1. The molecule has 1 aromatic heterocycles. The number of morpholine rings is 1. The number of aryl methyl sites for hydroxylation is 1. The van der Waals surface area contributed by atoms with Crippen LogP contribution in [0.2, 0.25) is 0 Å². The monoisotopic (exact) mass is 388 g/mol. The van der Waals surface area contributed by atoms with E-state index in [0.717, 1.165) is 5.69 Å². The Morgan fingerprint density at radius 2 is 2.07 bits per heavy atom. The second-order valence-electron chi connectivity index (χ2n) is 7.31. The van der Waals surface area contributed by atoms with Gasteiger partial charge in [-0.05, 0) is 45.4 Å².